The average Bonchev–Trinajstić information content (AvgIpc) is 2.47. The van der Waals surface area contributed by atoms with Crippen LogP contribution in [0.3, 0.4) is 0 Å². The Balaban J connectivity index is 2.17. The van der Waals surface area contributed by atoms with E-state index in [-0.39, 0.29) is 17.3 Å². The van der Waals surface area contributed by atoms with Gasteiger partial charge < -0.3 is 9.64 Å². The molecule has 2 unspecified atom stereocenters. The third kappa shape index (κ3) is 3.26. The number of carbonyl (C=O) groups is 1. The van der Waals surface area contributed by atoms with E-state index in [4.69, 9.17) is 16.3 Å². The van der Waals surface area contributed by atoms with Gasteiger partial charge in [-0.15, -0.1) is 11.6 Å². The standard InChI is InChI=1S/C16H22ClNO2/c1-3-20-15-11-7-4-8-12(15)16(19)18(2)14-10-6-5-9-13(14)17/h4,7-8,11,13-14H,3,5-6,9-10H2,1-2H3. The summed E-state index contributed by atoms with van der Waals surface area (Å²) in [6.45, 7) is 2.47. The highest BCUT2D eigenvalue weighted by molar-refractivity contribution is 6.21. The Hall–Kier alpha value is -1.22. The largest absolute Gasteiger partial charge is 0.493 e. The van der Waals surface area contributed by atoms with Crippen LogP contribution in [-0.4, -0.2) is 35.9 Å². The molecule has 0 N–H and O–H groups in total. The van der Waals surface area contributed by atoms with Crippen LogP contribution in [0.5, 0.6) is 5.75 Å². The van der Waals surface area contributed by atoms with Crippen molar-refractivity contribution in [1.29, 1.82) is 0 Å². The Morgan fingerprint density at radius 2 is 2.05 bits per heavy atom. The van der Waals surface area contributed by atoms with Crippen LogP contribution in [0.2, 0.25) is 0 Å². The van der Waals surface area contributed by atoms with Crippen LogP contribution in [0, 0.1) is 0 Å². The number of para-hydroxylation sites is 1. The van der Waals surface area contributed by atoms with E-state index in [9.17, 15) is 4.79 Å². The van der Waals surface area contributed by atoms with Crippen LogP contribution in [0.1, 0.15) is 43.0 Å². The molecular formula is C16H22ClNO2. The predicted molar refractivity (Wildman–Crippen MR) is 81.6 cm³/mol. The van der Waals surface area contributed by atoms with Crippen molar-refractivity contribution in [2.75, 3.05) is 13.7 Å². The zero-order chi connectivity index (χ0) is 14.5. The van der Waals surface area contributed by atoms with Crippen LogP contribution in [0.4, 0.5) is 0 Å². The molecule has 4 heteroatoms. The van der Waals surface area contributed by atoms with E-state index in [0.29, 0.717) is 17.9 Å². The van der Waals surface area contributed by atoms with Crippen LogP contribution in [-0.2, 0) is 0 Å². The highest BCUT2D eigenvalue weighted by atomic mass is 35.5. The van der Waals surface area contributed by atoms with E-state index in [1.165, 1.54) is 0 Å². The van der Waals surface area contributed by atoms with Crippen LogP contribution < -0.4 is 4.74 Å². The summed E-state index contributed by atoms with van der Waals surface area (Å²) in [7, 11) is 1.84. The number of amides is 1. The molecule has 0 aliphatic heterocycles. The van der Waals surface area contributed by atoms with Gasteiger partial charge in [0.25, 0.3) is 5.91 Å². The summed E-state index contributed by atoms with van der Waals surface area (Å²) in [5.74, 6) is 0.639. The normalized spacial score (nSPS) is 22.4. The molecule has 1 aliphatic carbocycles. The number of rotatable bonds is 4. The molecule has 1 aliphatic rings. The molecule has 0 aromatic heterocycles. The van der Waals surface area contributed by atoms with Crippen LogP contribution in [0.15, 0.2) is 24.3 Å². The SMILES string of the molecule is CCOc1ccccc1C(=O)N(C)C1CCCCC1Cl. The molecule has 110 valence electrons. The number of carbonyl (C=O) groups excluding carboxylic acids is 1. The van der Waals surface area contributed by atoms with Crippen molar-refractivity contribution in [2.45, 2.75) is 44.0 Å². The van der Waals surface area contributed by atoms with E-state index in [1.54, 1.807) is 4.90 Å². The number of alkyl halides is 1. The van der Waals surface area contributed by atoms with Crippen LogP contribution >= 0.6 is 11.6 Å². The van der Waals surface area contributed by atoms with E-state index in [0.717, 1.165) is 25.7 Å². The summed E-state index contributed by atoms with van der Waals surface area (Å²) in [4.78, 5) is 14.5. The summed E-state index contributed by atoms with van der Waals surface area (Å²) in [6.07, 6.45) is 4.25. The summed E-state index contributed by atoms with van der Waals surface area (Å²) >= 11 is 6.38. The summed E-state index contributed by atoms with van der Waals surface area (Å²) < 4.78 is 5.54. The van der Waals surface area contributed by atoms with E-state index in [2.05, 4.69) is 0 Å². The molecule has 1 aromatic carbocycles. The molecule has 2 atom stereocenters. The van der Waals surface area contributed by atoms with Gasteiger partial charge in [-0.2, -0.15) is 0 Å². The minimum atomic E-state index is -0.00778. The van der Waals surface area contributed by atoms with Crippen molar-refractivity contribution >= 4 is 17.5 Å². The van der Waals surface area contributed by atoms with Gasteiger partial charge in [0.05, 0.1) is 17.5 Å². The van der Waals surface area contributed by atoms with Crippen LogP contribution in [0.25, 0.3) is 0 Å². The minimum Gasteiger partial charge on any atom is -0.493 e. The van der Waals surface area contributed by atoms with Gasteiger partial charge in [-0.1, -0.05) is 25.0 Å². The van der Waals surface area contributed by atoms with Crippen molar-refractivity contribution < 1.29 is 9.53 Å². The molecule has 3 nitrogen and oxygen atoms in total. The predicted octanol–water partition coefficient (Wildman–Crippen LogP) is 3.71. The molecule has 0 spiro atoms. The minimum absolute atomic E-state index is 0.00778. The monoisotopic (exact) mass is 295 g/mol. The number of ether oxygens (including phenoxy) is 1. The lowest BCUT2D eigenvalue weighted by Gasteiger charge is -2.35. The average molecular weight is 296 g/mol. The highest BCUT2D eigenvalue weighted by Gasteiger charge is 2.30. The van der Waals surface area contributed by atoms with Gasteiger partial charge in [0.1, 0.15) is 5.75 Å². The van der Waals surface area contributed by atoms with Gasteiger partial charge in [0.15, 0.2) is 0 Å². The Morgan fingerprint density at radius 1 is 1.35 bits per heavy atom. The molecule has 20 heavy (non-hydrogen) atoms. The van der Waals surface area contributed by atoms with Gasteiger partial charge >= 0.3 is 0 Å². The van der Waals surface area contributed by atoms with E-state index < -0.39 is 0 Å². The van der Waals surface area contributed by atoms with Crippen molar-refractivity contribution in [1.82, 2.24) is 4.90 Å². The molecule has 0 heterocycles. The Labute approximate surface area is 125 Å². The Bertz CT molecular complexity index is 464. The lowest BCUT2D eigenvalue weighted by Crippen LogP contribution is -2.44. The number of hydrogen-bond donors (Lipinski definition) is 0. The molecular weight excluding hydrogens is 274 g/mol. The molecule has 1 fully saturated rings. The maximum Gasteiger partial charge on any atom is 0.257 e. The maximum absolute atomic E-state index is 12.7. The second kappa shape index (κ2) is 6.98. The van der Waals surface area contributed by atoms with Crippen molar-refractivity contribution in [3.05, 3.63) is 29.8 Å². The summed E-state index contributed by atoms with van der Waals surface area (Å²) in [6, 6.07) is 7.52. The quantitative estimate of drug-likeness (QED) is 0.793. The van der Waals surface area contributed by atoms with Gasteiger partial charge in [0.2, 0.25) is 0 Å². The van der Waals surface area contributed by atoms with Crippen molar-refractivity contribution in [3.63, 3.8) is 0 Å². The zero-order valence-corrected chi connectivity index (χ0v) is 12.9. The molecule has 2 rings (SSSR count). The molecule has 0 saturated heterocycles. The van der Waals surface area contributed by atoms with Crippen molar-refractivity contribution in [3.8, 4) is 5.75 Å². The zero-order valence-electron chi connectivity index (χ0n) is 12.1. The van der Waals surface area contributed by atoms with E-state index in [1.807, 2.05) is 38.2 Å². The fourth-order valence-corrected chi connectivity index (χ4v) is 3.22. The lowest BCUT2D eigenvalue weighted by molar-refractivity contribution is 0.0696. The molecule has 1 amide bonds. The molecule has 0 bridgehead atoms. The van der Waals surface area contributed by atoms with E-state index >= 15 is 0 Å². The first-order valence-electron chi connectivity index (χ1n) is 7.28. The number of hydrogen-bond acceptors (Lipinski definition) is 2. The van der Waals surface area contributed by atoms with Gasteiger partial charge in [0, 0.05) is 13.1 Å². The third-order valence-corrected chi connectivity index (χ3v) is 4.39. The fourth-order valence-electron chi connectivity index (χ4n) is 2.77. The Kier molecular flexibility index (Phi) is 5.30. The topological polar surface area (TPSA) is 29.5 Å². The first-order chi connectivity index (χ1) is 9.65. The smallest absolute Gasteiger partial charge is 0.257 e. The lowest BCUT2D eigenvalue weighted by atomic mass is 9.93. The fraction of sp³-hybridized carbons (Fsp3) is 0.562. The maximum atomic E-state index is 12.7. The number of nitrogens with zero attached hydrogens (tertiary/aromatic N) is 1. The Morgan fingerprint density at radius 3 is 2.75 bits per heavy atom. The third-order valence-electron chi connectivity index (χ3n) is 3.88. The van der Waals surface area contributed by atoms with Crippen molar-refractivity contribution in [2.24, 2.45) is 0 Å². The second-order valence-electron chi connectivity index (χ2n) is 5.21. The summed E-state index contributed by atoms with van der Waals surface area (Å²) in [5.41, 5.74) is 0.617. The number of benzene rings is 1. The molecule has 0 radical (unpaired) electrons. The number of halogens is 1. The first-order valence-corrected chi connectivity index (χ1v) is 7.71. The molecule has 1 aromatic rings. The van der Waals surface area contributed by atoms with Gasteiger partial charge in [-0.3, -0.25) is 4.79 Å². The highest BCUT2D eigenvalue weighted by Crippen LogP contribution is 2.29. The second-order valence-corrected chi connectivity index (χ2v) is 5.77. The van der Waals surface area contributed by atoms with Gasteiger partial charge in [-0.05, 0) is 31.9 Å². The molecule has 1 saturated carbocycles. The summed E-state index contributed by atoms with van der Waals surface area (Å²) in [5, 5.41) is 0.0527. The van der Waals surface area contributed by atoms with Gasteiger partial charge in [-0.25, -0.2) is 0 Å². The first kappa shape index (κ1) is 15.2.